The van der Waals surface area contributed by atoms with Gasteiger partial charge in [0.15, 0.2) is 5.65 Å². The number of halogens is 2. The van der Waals surface area contributed by atoms with Gasteiger partial charge < -0.3 is 10.6 Å². The second-order valence-electron chi connectivity index (χ2n) is 8.33. The van der Waals surface area contributed by atoms with Gasteiger partial charge in [-0.3, -0.25) is 19.1 Å². The van der Waals surface area contributed by atoms with Crippen LogP contribution < -0.4 is 17.0 Å². The lowest BCUT2D eigenvalue weighted by Gasteiger charge is -2.21. The number of H-pyrrole nitrogens is 1. The molecule has 1 amide bonds. The van der Waals surface area contributed by atoms with Crippen LogP contribution in [-0.2, 0) is 6.54 Å². The molecule has 3 heterocycles. The largest absolute Gasteiger partial charge is 0.338 e. The van der Waals surface area contributed by atoms with Crippen molar-refractivity contribution < 1.29 is 4.79 Å². The molecular weight excluding hydrogens is 429 g/mol. The Morgan fingerprint density at radius 2 is 1.97 bits per heavy atom. The van der Waals surface area contributed by atoms with Crippen molar-refractivity contribution in [2.24, 2.45) is 17.6 Å². The SMILES string of the molecule is CCn1c(=O)[nH]c(=O)c2c(C(=O)N3CC4CCC(N)C4C3)cc(C(C)C)nc21.Cl.Cl. The zero-order valence-corrected chi connectivity index (χ0v) is 19.0. The monoisotopic (exact) mass is 457 g/mol. The van der Waals surface area contributed by atoms with Crippen molar-refractivity contribution >= 4 is 41.8 Å². The lowest BCUT2D eigenvalue weighted by molar-refractivity contribution is 0.0781. The Kier molecular flexibility index (Phi) is 7.37. The Hall–Kier alpha value is -1.90. The highest BCUT2D eigenvalue weighted by molar-refractivity contribution is 6.05. The smallest absolute Gasteiger partial charge is 0.329 e. The summed E-state index contributed by atoms with van der Waals surface area (Å²) < 4.78 is 1.41. The number of carbonyl (C=O) groups excluding carboxylic acids is 1. The zero-order chi connectivity index (χ0) is 20.2. The number of aromatic amines is 1. The molecule has 8 nitrogen and oxygen atoms in total. The standard InChI is InChI=1S/C20H27N5O3.2ClH/c1-4-25-17-16(18(26)23-20(25)28)12(7-15(22-17)10(2)3)19(27)24-8-11-5-6-14(21)13(11)9-24;;/h7,10-11,13-14H,4-6,8-9,21H2,1-3H3,(H,23,26,28);2*1H. The summed E-state index contributed by atoms with van der Waals surface area (Å²) in [7, 11) is 0. The van der Waals surface area contributed by atoms with Crippen LogP contribution in [0.4, 0.5) is 0 Å². The van der Waals surface area contributed by atoms with Gasteiger partial charge in [0.1, 0.15) is 0 Å². The van der Waals surface area contributed by atoms with E-state index in [4.69, 9.17) is 5.73 Å². The zero-order valence-electron chi connectivity index (χ0n) is 17.4. The topological polar surface area (TPSA) is 114 Å². The normalized spacial score (nSPS) is 22.7. The van der Waals surface area contributed by atoms with Gasteiger partial charge in [0.25, 0.3) is 11.5 Å². The molecule has 2 aromatic heterocycles. The molecule has 10 heteroatoms. The molecule has 3 N–H and O–H groups in total. The van der Waals surface area contributed by atoms with Crippen LogP contribution in [0.1, 0.15) is 55.6 Å². The minimum atomic E-state index is -0.563. The van der Waals surface area contributed by atoms with Crippen LogP contribution in [0.2, 0.25) is 0 Å². The number of fused-ring (bicyclic) bond motifs is 2. The lowest BCUT2D eigenvalue weighted by atomic mass is 9.98. The summed E-state index contributed by atoms with van der Waals surface area (Å²) in [6, 6.07) is 1.85. The highest BCUT2D eigenvalue weighted by Crippen LogP contribution is 2.38. The van der Waals surface area contributed by atoms with Crippen LogP contribution >= 0.6 is 24.8 Å². The number of carbonyl (C=O) groups is 1. The average molecular weight is 458 g/mol. The van der Waals surface area contributed by atoms with Gasteiger partial charge in [-0.2, -0.15) is 0 Å². The number of nitrogens with two attached hydrogens (primary N) is 1. The van der Waals surface area contributed by atoms with Crippen LogP contribution in [-0.4, -0.2) is 44.5 Å². The third-order valence-corrected chi connectivity index (χ3v) is 6.31. The number of nitrogens with one attached hydrogen (secondary N) is 1. The van der Waals surface area contributed by atoms with Crippen molar-refractivity contribution in [3.05, 3.63) is 38.2 Å². The van der Waals surface area contributed by atoms with Crippen molar-refractivity contribution in [2.45, 2.75) is 52.1 Å². The number of hydrogen-bond donors (Lipinski definition) is 2. The fourth-order valence-corrected chi connectivity index (χ4v) is 4.69. The summed E-state index contributed by atoms with van der Waals surface area (Å²) in [5.74, 6) is 0.641. The number of amides is 1. The molecule has 1 saturated heterocycles. The van der Waals surface area contributed by atoms with E-state index >= 15 is 0 Å². The molecule has 1 aliphatic carbocycles. The number of likely N-dealkylation sites (tertiary alicyclic amines) is 1. The van der Waals surface area contributed by atoms with Gasteiger partial charge in [-0.1, -0.05) is 13.8 Å². The van der Waals surface area contributed by atoms with Gasteiger partial charge in [-0.05, 0) is 43.6 Å². The van der Waals surface area contributed by atoms with E-state index in [0.29, 0.717) is 42.7 Å². The molecule has 0 radical (unpaired) electrons. The fourth-order valence-electron chi connectivity index (χ4n) is 4.69. The van der Waals surface area contributed by atoms with Gasteiger partial charge in [-0.25, -0.2) is 9.78 Å². The molecule has 30 heavy (non-hydrogen) atoms. The molecule has 0 bridgehead atoms. The molecule has 4 rings (SSSR count). The summed E-state index contributed by atoms with van der Waals surface area (Å²) in [4.78, 5) is 47.0. The molecule has 0 spiro atoms. The Bertz CT molecular complexity index is 1060. The van der Waals surface area contributed by atoms with Crippen LogP contribution in [0.3, 0.4) is 0 Å². The second kappa shape index (κ2) is 9.08. The van der Waals surface area contributed by atoms with E-state index in [0.717, 1.165) is 12.8 Å². The van der Waals surface area contributed by atoms with Crippen LogP contribution in [0, 0.1) is 11.8 Å². The van der Waals surface area contributed by atoms with Crippen LogP contribution in [0.5, 0.6) is 0 Å². The molecule has 2 fully saturated rings. The molecule has 1 aliphatic heterocycles. The predicted molar refractivity (Wildman–Crippen MR) is 121 cm³/mol. The highest BCUT2D eigenvalue weighted by atomic mass is 35.5. The van der Waals surface area contributed by atoms with Gasteiger partial charge in [-0.15, -0.1) is 24.8 Å². The number of rotatable bonds is 3. The Morgan fingerprint density at radius 1 is 1.27 bits per heavy atom. The van der Waals surface area contributed by atoms with E-state index in [1.807, 2.05) is 25.7 Å². The number of pyridine rings is 1. The van der Waals surface area contributed by atoms with Gasteiger partial charge >= 0.3 is 5.69 Å². The third-order valence-electron chi connectivity index (χ3n) is 6.31. The number of nitrogens with zero attached hydrogens (tertiary/aromatic N) is 3. The van der Waals surface area contributed by atoms with Gasteiger partial charge in [0, 0.05) is 31.4 Å². The molecule has 2 aliphatic rings. The first-order valence-electron chi connectivity index (χ1n) is 10.0. The maximum Gasteiger partial charge on any atom is 0.329 e. The van der Waals surface area contributed by atoms with Crippen molar-refractivity contribution in [3.8, 4) is 0 Å². The van der Waals surface area contributed by atoms with E-state index in [9.17, 15) is 14.4 Å². The average Bonchev–Trinajstić information content (AvgIpc) is 3.22. The van der Waals surface area contributed by atoms with Crippen LogP contribution in [0.25, 0.3) is 11.0 Å². The Morgan fingerprint density at radius 3 is 2.57 bits per heavy atom. The van der Waals surface area contributed by atoms with Crippen LogP contribution in [0.15, 0.2) is 15.7 Å². The van der Waals surface area contributed by atoms with E-state index in [1.54, 1.807) is 6.07 Å². The van der Waals surface area contributed by atoms with E-state index in [1.165, 1.54) is 4.57 Å². The molecular formula is C20H29Cl2N5O3. The van der Waals surface area contributed by atoms with Gasteiger partial charge in [0.2, 0.25) is 0 Å². The molecule has 3 atom stereocenters. The maximum atomic E-state index is 13.4. The molecule has 0 aromatic carbocycles. The predicted octanol–water partition coefficient (Wildman–Crippen LogP) is 1.88. The van der Waals surface area contributed by atoms with E-state index in [-0.39, 0.29) is 53.7 Å². The fraction of sp³-hybridized carbons (Fsp3) is 0.600. The first-order valence-corrected chi connectivity index (χ1v) is 10.0. The Labute approximate surface area is 187 Å². The third kappa shape index (κ3) is 3.88. The van der Waals surface area contributed by atoms with Crippen molar-refractivity contribution in [1.29, 1.82) is 0 Å². The maximum absolute atomic E-state index is 13.4. The lowest BCUT2D eigenvalue weighted by Crippen LogP contribution is -2.36. The first-order chi connectivity index (χ1) is 13.3. The number of aryl methyl sites for hydroxylation is 1. The van der Waals surface area contributed by atoms with Crippen molar-refractivity contribution in [3.63, 3.8) is 0 Å². The first kappa shape index (κ1) is 24.4. The summed E-state index contributed by atoms with van der Waals surface area (Å²) in [5.41, 5.74) is 6.44. The summed E-state index contributed by atoms with van der Waals surface area (Å²) in [5, 5.41) is 0.192. The molecule has 1 saturated carbocycles. The highest BCUT2D eigenvalue weighted by Gasteiger charge is 2.43. The quantitative estimate of drug-likeness (QED) is 0.729. The van der Waals surface area contributed by atoms with E-state index < -0.39 is 11.2 Å². The van der Waals surface area contributed by atoms with E-state index in [2.05, 4.69) is 9.97 Å². The number of hydrogen-bond acceptors (Lipinski definition) is 5. The van der Waals surface area contributed by atoms with Crippen molar-refractivity contribution in [2.75, 3.05) is 13.1 Å². The minimum Gasteiger partial charge on any atom is -0.338 e. The summed E-state index contributed by atoms with van der Waals surface area (Å²) >= 11 is 0. The molecule has 166 valence electrons. The number of aromatic nitrogens is 3. The van der Waals surface area contributed by atoms with Crippen molar-refractivity contribution in [1.82, 2.24) is 19.4 Å². The second-order valence-corrected chi connectivity index (χ2v) is 8.33. The minimum absolute atomic E-state index is 0. The van der Waals surface area contributed by atoms with Gasteiger partial charge in [0.05, 0.1) is 10.9 Å². The molecule has 3 unspecified atom stereocenters. The summed E-state index contributed by atoms with van der Waals surface area (Å²) in [6.45, 7) is 7.41. The molecule has 2 aromatic rings. The Balaban J connectivity index is 0.00000160. The summed E-state index contributed by atoms with van der Waals surface area (Å²) in [6.07, 6.45) is 2.05.